The van der Waals surface area contributed by atoms with Crippen LogP contribution in [0.25, 0.3) is 6.08 Å². The Balaban J connectivity index is 1.35. The number of allylic oxidation sites excluding steroid dienone is 2. The summed E-state index contributed by atoms with van der Waals surface area (Å²) in [5.41, 5.74) is 1.72. The van der Waals surface area contributed by atoms with E-state index in [9.17, 15) is 40.9 Å². The molecule has 224 valence electrons. The fraction of sp³-hybridized carbons (Fsp3) is 0.448. The Morgan fingerprint density at radius 1 is 0.659 bits per heavy atom. The van der Waals surface area contributed by atoms with E-state index in [0.29, 0.717) is 11.5 Å². The second-order valence-corrected chi connectivity index (χ2v) is 9.89. The topological polar surface area (TPSA) is 199 Å². The van der Waals surface area contributed by atoms with Crippen molar-refractivity contribution >= 4 is 6.08 Å². The van der Waals surface area contributed by atoms with Gasteiger partial charge in [-0.2, -0.15) is 0 Å². The largest absolute Gasteiger partial charge is 0.462 e. The molecule has 0 unspecified atom stereocenters. The highest BCUT2D eigenvalue weighted by atomic mass is 16.7. The molecule has 2 heterocycles. The summed E-state index contributed by atoms with van der Waals surface area (Å²) in [7, 11) is 0. The van der Waals surface area contributed by atoms with Gasteiger partial charge in [0.2, 0.25) is 12.6 Å². The van der Waals surface area contributed by atoms with Gasteiger partial charge in [-0.3, -0.25) is 0 Å². The fourth-order valence-electron chi connectivity index (χ4n) is 4.56. The lowest BCUT2D eigenvalue weighted by Gasteiger charge is -2.39. The molecule has 0 saturated carbocycles. The van der Waals surface area contributed by atoms with Crippen molar-refractivity contribution in [3.8, 4) is 11.5 Å². The molecular weight excluding hydrogens is 540 g/mol. The zero-order chi connectivity index (χ0) is 29.7. The highest BCUT2D eigenvalue weighted by Crippen LogP contribution is 2.28. The third kappa shape index (κ3) is 7.13. The molecule has 12 nitrogen and oxygen atoms in total. The van der Waals surface area contributed by atoms with Gasteiger partial charge < -0.3 is 59.8 Å². The van der Waals surface area contributed by atoms with Gasteiger partial charge in [0, 0.05) is 5.92 Å². The first-order valence-corrected chi connectivity index (χ1v) is 13.1. The number of aliphatic hydroxyl groups is 8. The Bertz CT molecular complexity index is 1140. The summed E-state index contributed by atoms with van der Waals surface area (Å²) in [6, 6.07) is 13.8. The molecule has 0 spiro atoms. The van der Waals surface area contributed by atoms with Crippen LogP contribution in [0.3, 0.4) is 0 Å². The van der Waals surface area contributed by atoms with E-state index < -0.39 is 74.6 Å². The van der Waals surface area contributed by atoms with Crippen molar-refractivity contribution in [3.05, 3.63) is 78.4 Å². The van der Waals surface area contributed by atoms with E-state index in [-0.39, 0.29) is 5.92 Å². The van der Waals surface area contributed by atoms with Crippen LogP contribution in [0.5, 0.6) is 11.5 Å². The number of rotatable bonds is 10. The van der Waals surface area contributed by atoms with Crippen molar-refractivity contribution < 1.29 is 59.8 Å². The summed E-state index contributed by atoms with van der Waals surface area (Å²) < 4.78 is 22.0. The average molecular weight is 577 g/mol. The van der Waals surface area contributed by atoms with Gasteiger partial charge in [0.05, 0.1) is 13.2 Å². The van der Waals surface area contributed by atoms with Crippen LogP contribution < -0.4 is 9.47 Å². The summed E-state index contributed by atoms with van der Waals surface area (Å²) in [5.74, 6) is 0.531. The van der Waals surface area contributed by atoms with Gasteiger partial charge >= 0.3 is 0 Å². The van der Waals surface area contributed by atoms with Crippen LogP contribution in [-0.4, -0.2) is 115 Å². The predicted octanol–water partition coefficient (Wildman–Crippen LogP) is -0.973. The second kappa shape index (κ2) is 13.9. The van der Waals surface area contributed by atoms with E-state index in [0.717, 1.165) is 11.1 Å². The van der Waals surface area contributed by atoms with Crippen molar-refractivity contribution in [1.29, 1.82) is 0 Å². The van der Waals surface area contributed by atoms with Crippen LogP contribution in [0.15, 0.2) is 67.3 Å². The van der Waals surface area contributed by atoms with Crippen molar-refractivity contribution in [3.63, 3.8) is 0 Å². The van der Waals surface area contributed by atoms with Crippen LogP contribution in [0.1, 0.15) is 17.0 Å². The maximum atomic E-state index is 10.2. The van der Waals surface area contributed by atoms with Gasteiger partial charge in [0.25, 0.3) is 0 Å². The third-order valence-electron chi connectivity index (χ3n) is 7.10. The fourth-order valence-corrected chi connectivity index (χ4v) is 4.56. The number of ether oxygens (including phenoxy) is 4. The Kier molecular flexibility index (Phi) is 10.5. The normalized spacial score (nSPS) is 34.7. The second-order valence-electron chi connectivity index (χ2n) is 9.89. The molecule has 2 aromatic rings. The molecule has 2 aromatic carbocycles. The molecule has 41 heavy (non-hydrogen) atoms. The molecule has 2 aliphatic heterocycles. The summed E-state index contributed by atoms with van der Waals surface area (Å²) in [4.78, 5) is 0. The molecule has 2 saturated heterocycles. The molecule has 8 N–H and O–H groups in total. The van der Waals surface area contributed by atoms with E-state index in [1.807, 2.05) is 12.2 Å². The van der Waals surface area contributed by atoms with E-state index in [2.05, 4.69) is 6.58 Å². The van der Waals surface area contributed by atoms with Crippen molar-refractivity contribution in [2.45, 2.75) is 67.3 Å². The Morgan fingerprint density at radius 3 is 1.51 bits per heavy atom. The van der Waals surface area contributed by atoms with Crippen LogP contribution in [0.2, 0.25) is 0 Å². The minimum atomic E-state index is -1.53. The van der Waals surface area contributed by atoms with Crippen LogP contribution >= 0.6 is 0 Å². The Morgan fingerprint density at radius 2 is 1.10 bits per heavy atom. The van der Waals surface area contributed by atoms with Crippen LogP contribution in [0.4, 0.5) is 0 Å². The minimum absolute atomic E-state index is 0.165. The minimum Gasteiger partial charge on any atom is -0.462 e. The molecule has 0 aromatic heterocycles. The Hall–Kier alpha value is -2.88. The smallest absolute Gasteiger partial charge is 0.229 e. The number of hydrogen-bond donors (Lipinski definition) is 8. The van der Waals surface area contributed by atoms with Crippen molar-refractivity contribution in [1.82, 2.24) is 0 Å². The molecule has 12 heteroatoms. The average Bonchev–Trinajstić information content (AvgIpc) is 2.99. The quantitative estimate of drug-likeness (QED) is 0.161. The van der Waals surface area contributed by atoms with Crippen molar-refractivity contribution in [2.75, 3.05) is 13.2 Å². The van der Waals surface area contributed by atoms with Gasteiger partial charge in [-0.25, -0.2) is 0 Å². The van der Waals surface area contributed by atoms with E-state index in [1.165, 1.54) is 0 Å². The number of hydrogen-bond acceptors (Lipinski definition) is 12. The number of benzene rings is 2. The standard InChI is InChI=1S/C29H36O12/c1-2-16(17-7-11-19(12-8-17)39-29-27(37)25(35)23(33)21(14-31)41-29)6-3-15-4-9-18(10-5-15)38-28-26(36)24(34)22(32)20(13-30)40-28/h2-12,16,20-37H,1,13-14H2/b6-3-/t16-,20+,21+,22+,23+,24-,25-,26+,27+,28+,29+/m0/s1. The molecule has 2 aliphatic rings. The van der Waals surface area contributed by atoms with Crippen molar-refractivity contribution in [2.24, 2.45) is 0 Å². The molecule has 0 aliphatic carbocycles. The van der Waals surface area contributed by atoms with Crippen LogP contribution in [0, 0.1) is 0 Å². The molecule has 0 amide bonds. The van der Waals surface area contributed by atoms with E-state index in [4.69, 9.17) is 18.9 Å². The lowest BCUT2D eigenvalue weighted by Crippen LogP contribution is -2.60. The van der Waals surface area contributed by atoms with E-state index >= 15 is 0 Å². The van der Waals surface area contributed by atoms with Gasteiger partial charge in [-0.05, 0) is 35.4 Å². The first kappa shape index (κ1) is 31.1. The van der Waals surface area contributed by atoms with Gasteiger partial charge in [0.15, 0.2) is 0 Å². The zero-order valence-corrected chi connectivity index (χ0v) is 22.0. The molecular formula is C29H36O12. The summed E-state index contributed by atoms with van der Waals surface area (Å²) in [6.45, 7) is 2.80. The van der Waals surface area contributed by atoms with Gasteiger partial charge in [0.1, 0.15) is 60.3 Å². The zero-order valence-electron chi connectivity index (χ0n) is 22.0. The molecule has 0 radical (unpaired) electrons. The lowest BCUT2D eigenvalue weighted by molar-refractivity contribution is -0.277. The Labute approximate surface area is 236 Å². The summed E-state index contributed by atoms with van der Waals surface area (Å²) >= 11 is 0. The van der Waals surface area contributed by atoms with Crippen LogP contribution in [-0.2, 0) is 9.47 Å². The highest BCUT2D eigenvalue weighted by Gasteiger charge is 2.45. The third-order valence-corrected chi connectivity index (χ3v) is 7.10. The lowest BCUT2D eigenvalue weighted by atomic mass is 9.97. The van der Waals surface area contributed by atoms with Gasteiger partial charge in [-0.1, -0.05) is 42.5 Å². The predicted molar refractivity (Wildman–Crippen MR) is 144 cm³/mol. The first-order chi connectivity index (χ1) is 19.7. The molecule has 0 bridgehead atoms. The highest BCUT2D eigenvalue weighted by molar-refractivity contribution is 5.53. The summed E-state index contributed by atoms with van der Waals surface area (Å²) in [5, 5.41) is 78.7. The monoisotopic (exact) mass is 576 g/mol. The van der Waals surface area contributed by atoms with Gasteiger partial charge in [-0.15, -0.1) is 6.58 Å². The van der Waals surface area contributed by atoms with E-state index in [1.54, 1.807) is 54.6 Å². The first-order valence-electron chi connectivity index (χ1n) is 13.1. The molecule has 11 atom stereocenters. The number of aliphatic hydroxyl groups excluding tert-OH is 8. The SMILES string of the molecule is C=C[C@@H](/C=C\c1ccc(O[C@@H]2O[C@H](CO)[C@@H](O)[C@H](O)[C@H]2O)cc1)c1ccc(O[C@@H]2O[C@H](CO)[C@@H](O)[C@H](O)[C@H]2O)cc1. The molecule has 2 fully saturated rings. The summed E-state index contributed by atoms with van der Waals surface area (Å²) in [6.07, 6.45) is -8.15. The maximum absolute atomic E-state index is 10.2. The molecule has 4 rings (SSSR count). The maximum Gasteiger partial charge on any atom is 0.229 e.